The molecule has 0 aliphatic heterocycles. The monoisotopic (exact) mass is 450 g/mol. The van der Waals surface area contributed by atoms with E-state index in [-0.39, 0.29) is 11.5 Å². The van der Waals surface area contributed by atoms with Crippen molar-refractivity contribution in [2.45, 2.75) is 26.7 Å². The molecule has 0 fully saturated rings. The number of hydrogen-bond acceptors (Lipinski definition) is 6. The van der Waals surface area contributed by atoms with E-state index in [0.717, 1.165) is 28.1 Å². The highest BCUT2D eigenvalue weighted by Crippen LogP contribution is 2.61. The molecular formula is C16H18Cl3N4O3P. The number of methoxy groups -OCH3 is 1. The van der Waals surface area contributed by atoms with E-state index < -0.39 is 5.20 Å². The summed E-state index contributed by atoms with van der Waals surface area (Å²) in [5, 5.41) is -3.22. The maximum atomic E-state index is 11.9. The fourth-order valence-corrected chi connectivity index (χ4v) is 2.88. The Morgan fingerprint density at radius 2 is 1.96 bits per heavy atom. The highest BCUT2D eigenvalue weighted by Gasteiger charge is 2.21. The van der Waals surface area contributed by atoms with E-state index in [4.69, 9.17) is 10.5 Å². The van der Waals surface area contributed by atoms with E-state index in [9.17, 15) is 9.36 Å². The van der Waals surface area contributed by atoms with Crippen LogP contribution in [0.1, 0.15) is 28.1 Å². The number of aryl methyl sites for hydroxylation is 1. The maximum absolute atomic E-state index is 11.9. The molecule has 146 valence electrons. The molecule has 11 heteroatoms. The number of anilines is 1. The predicted molar refractivity (Wildman–Crippen MR) is 110 cm³/mol. The zero-order valence-corrected chi connectivity index (χ0v) is 18.0. The summed E-state index contributed by atoms with van der Waals surface area (Å²) in [7, 11) is 1.66. The van der Waals surface area contributed by atoms with E-state index in [1.54, 1.807) is 13.3 Å². The van der Waals surface area contributed by atoms with Crippen molar-refractivity contribution in [1.82, 2.24) is 15.0 Å². The lowest BCUT2D eigenvalue weighted by molar-refractivity contribution is 0.407. The number of halogens is 3. The van der Waals surface area contributed by atoms with Gasteiger partial charge in [-0.15, -0.1) is 0 Å². The molecule has 0 spiro atoms. The van der Waals surface area contributed by atoms with Crippen molar-refractivity contribution >= 4 is 50.4 Å². The molecule has 3 rings (SSSR count). The third-order valence-corrected chi connectivity index (χ3v) is 4.00. The minimum absolute atomic E-state index is 0.141. The highest BCUT2D eigenvalue weighted by molar-refractivity contribution is 8.24. The predicted octanol–water partition coefficient (Wildman–Crippen LogP) is 4.37. The van der Waals surface area contributed by atoms with Gasteiger partial charge in [0.1, 0.15) is 5.75 Å². The Morgan fingerprint density at radius 3 is 2.56 bits per heavy atom. The minimum Gasteiger partial charge on any atom is -0.496 e. The normalized spacial score (nSPS) is 12.7. The summed E-state index contributed by atoms with van der Waals surface area (Å²) in [6.45, 7) is 3.96. The first kappa shape index (κ1) is 21.8. The molecule has 7 nitrogen and oxygen atoms in total. The number of nitrogens with one attached hydrogen (secondary N) is 1. The number of hydrogen-bond donors (Lipinski definition) is 2. The van der Waals surface area contributed by atoms with Crippen molar-refractivity contribution in [1.29, 1.82) is 0 Å². The molecule has 1 aliphatic rings. The Labute approximate surface area is 170 Å². The van der Waals surface area contributed by atoms with Crippen LogP contribution in [-0.4, -0.2) is 22.1 Å². The molecule has 2 heterocycles. The van der Waals surface area contributed by atoms with Gasteiger partial charge >= 0.3 is 5.20 Å². The largest absolute Gasteiger partial charge is 0.496 e. The van der Waals surface area contributed by atoms with E-state index in [1.165, 1.54) is 0 Å². The van der Waals surface area contributed by atoms with Gasteiger partial charge in [-0.1, -0.05) is 6.08 Å². The fourth-order valence-electron chi connectivity index (χ4n) is 2.88. The Bertz CT molecular complexity index is 993. The molecule has 27 heavy (non-hydrogen) atoms. The lowest BCUT2D eigenvalue weighted by Gasteiger charge is -2.13. The lowest BCUT2D eigenvalue weighted by atomic mass is 10.0. The van der Waals surface area contributed by atoms with Gasteiger partial charge in [0.25, 0.3) is 5.56 Å². The summed E-state index contributed by atoms with van der Waals surface area (Å²) in [5.41, 5.74) is 10.7. The number of nitrogen functional groups attached to an aromatic ring is 1. The minimum atomic E-state index is -3.22. The number of nitrogens with zero attached hydrogens (tertiary/aromatic N) is 2. The molecule has 0 bridgehead atoms. The molecule has 0 unspecified atom stereocenters. The average Bonchev–Trinajstić information content (AvgIpc) is 2.92. The van der Waals surface area contributed by atoms with Crippen molar-refractivity contribution in [3.63, 3.8) is 0 Å². The number of aromatic nitrogens is 3. The van der Waals surface area contributed by atoms with Gasteiger partial charge in [0.15, 0.2) is 0 Å². The van der Waals surface area contributed by atoms with Gasteiger partial charge in [-0.2, -0.15) is 0 Å². The van der Waals surface area contributed by atoms with Crippen LogP contribution >= 0.6 is 38.9 Å². The summed E-state index contributed by atoms with van der Waals surface area (Å²) < 4.78 is 15.0. The molecule has 0 amide bonds. The van der Waals surface area contributed by atoms with Crippen LogP contribution in [0.3, 0.4) is 0 Å². The number of pyridine rings is 1. The van der Waals surface area contributed by atoms with Gasteiger partial charge in [-0.25, -0.2) is 4.98 Å². The van der Waals surface area contributed by atoms with Gasteiger partial charge in [-0.3, -0.25) is 19.3 Å². The van der Waals surface area contributed by atoms with E-state index >= 15 is 0 Å². The third-order valence-electron chi connectivity index (χ3n) is 4.00. The van der Waals surface area contributed by atoms with E-state index in [2.05, 4.69) is 48.7 Å². The fraction of sp³-hybridized carbons (Fsp3) is 0.312. The Kier molecular flexibility index (Phi) is 6.98. The molecule has 0 saturated carbocycles. The average molecular weight is 452 g/mol. The summed E-state index contributed by atoms with van der Waals surface area (Å²) in [5.74, 6) is 0.991. The summed E-state index contributed by atoms with van der Waals surface area (Å²) >= 11 is 13.8. The van der Waals surface area contributed by atoms with Crippen molar-refractivity contribution in [2.75, 3.05) is 12.8 Å². The third kappa shape index (κ3) is 5.72. The standard InChI is InChI=1S/C16H18N4O2.Cl3OP/c1-8-7-18-12(9(2)14(8)22-3)6-10-4-5-11-13(10)19-16(17)20-15(11)21;1-5(2,3)4/h4,7H,5-6H2,1-3H3,(H3,17,19,20,21);. The maximum Gasteiger partial charge on any atom is 0.339 e. The van der Waals surface area contributed by atoms with Gasteiger partial charge in [0.05, 0.1) is 18.5 Å². The van der Waals surface area contributed by atoms with Crippen LogP contribution in [0, 0.1) is 13.8 Å². The van der Waals surface area contributed by atoms with Crippen LogP contribution in [0.15, 0.2) is 17.1 Å². The van der Waals surface area contributed by atoms with E-state index in [1.807, 2.05) is 19.9 Å². The van der Waals surface area contributed by atoms with Gasteiger partial charge in [-0.05, 0) is 59.6 Å². The topological polar surface area (TPSA) is 111 Å². The summed E-state index contributed by atoms with van der Waals surface area (Å²) in [4.78, 5) is 23.2. The number of allylic oxidation sites excluding steroid dienone is 2. The first-order chi connectivity index (χ1) is 12.5. The second kappa shape index (κ2) is 8.65. The van der Waals surface area contributed by atoms with Crippen LogP contribution in [-0.2, 0) is 17.4 Å². The SMILES string of the molecule is COc1c(C)cnc(CC2=CCc3c2nc(N)[nH]c3=O)c1C.O=P(Cl)(Cl)Cl. The summed E-state index contributed by atoms with van der Waals surface area (Å²) in [6.07, 6.45) is 5.00. The number of fused-ring (bicyclic) bond motifs is 1. The Hall–Kier alpha value is -1.53. The molecule has 1 aliphatic carbocycles. The highest BCUT2D eigenvalue weighted by atomic mass is 36.0. The molecule has 0 radical (unpaired) electrons. The first-order valence-electron chi connectivity index (χ1n) is 7.77. The first-order valence-corrected chi connectivity index (χ1v) is 12.2. The number of aromatic amines is 1. The van der Waals surface area contributed by atoms with Crippen molar-refractivity contribution in [3.8, 4) is 5.75 Å². The van der Waals surface area contributed by atoms with Crippen molar-refractivity contribution in [2.24, 2.45) is 0 Å². The van der Waals surface area contributed by atoms with Crippen LogP contribution < -0.4 is 16.0 Å². The van der Waals surface area contributed by atoms with Gasteiger partial charge in [0, 0.05) is 29.3 Å². The van der Waals surface area contributed by atoms with E-state index in [0.29, 0.717) is 24.1 Å². The van der Waals surface area contributed by atoms with Crippen molar-refractivity contribution < 1.29 is 9.30 Å². The molecular weight excluding hydrogens is 434 g/mol. The van der Waals surface area contributed by atoms with Crippen LogP contribution in [0.5, 0.6) is 5.75 Å². The molecule has 0 aromatic carbocycles. The second-order valence-corrected chi connectivity index (χ2v) is 12.5. The number of H-pyrrole nitrogens is 1. The molecule has 2 aromatic heterocycles. The zero-order chi connectivity index (χ0) is 20.4. The van der Waals surface area contributed by atoms with Crippen LogP contribution in [0.4, 0.5) is 5.95 Å². The van der Waals surface area contributed by atoms with Crippen LogP contribution in [0.2, 0.25) is 0 Å². The number of ether oxygens (including phenoxy) is 1. The van der Waals surface area contributed by atoms with Gasteiger partial charge in [0.2, 0.25) is 5.95 Å². The van der Waals surface area contributed by atoms with Crippen molar-refractivity contribution in [3.05, 3.63) is 50.7 Å². The van der Waals surface area contributed by atoms with Gasteiger partial charge < -0.3 is 10.5 Å². The summed E-state index contributed by atoms with van der Waals surface area (Å²) in [6, 6.07) is 0. The van der Waals surface area contributed by atoms with Crippen LogP contribution in [0.25, 0.3) is 5.57 Å². The number of nitrogens with two attached hydrogens (primary N) is 1. The zero-order valence-electron chi connectivity index (χ0n) is 14.8. The second-order valence-electron chi connectivity index (χ2n) is 5.83. The Morgan fingerprint density at radius 1 is 1.33 bits per heavy atom. The quantitative estimate of drug-likeness (QED) is 0.671. The Balaban J connectivity index is 0.000000465. The lowest BCUT2D eigenvalue weighted by Crippen LogP contribution is -2.17. The molecule has 0 saturated heterocycles. The molecule has 0 atom stereocenters. The smallest absolute Gasteiger partial charge is 0.339 e. The number of rotatable bonds is 3. The molecule has 3 N–H and O–H groups in total. The molecule has 2 aromatic rings.